The van der Waals surface area contributed by atoms with Gasteiger partial charge in [0.05, 0.1) is 22.1 Å². The number of benzene rings is 1. The summed E-state index contributed by atoms with van der Waals surface area (Å²) < 4.78 is 32.9. The quantitative estimate of drug-likeness (QED) is 0.548. The molecular weight excluding hydrogens is 360 g/mol. The van der Waals surface area contributed by atoms with Crippen molar-refractivity contribution in [2.45, 2.75) is 24.0 Å². The van der Waals surface area contributed by atoms with E-state index in [0.29, 0.717) is 11.4 Å². The van der Waals surface area contributed by atoms with Crippen molar-refractivity contribution in [3.63, 3.8) is 0 Å². The van der Waals surface area contributed by atoms with Crippen LogP contribution in [0.25, 0.3) is 0 Å². The van der Waals surface area contributed by atoms with Crippen molar-refractivity contribution in [2.24, 2.45) is 0 Å². The zero-order chi connectivity index (χ0) is 18.6. The molecule has 1 unspecified atom stereocenters. The number of nitro groups is 1. The van der Waals surface area contributed by atoms with Crippen molar-refractivity contribution in [1.29, 1.82) is 0 Å². The minimum absolute atomic E-state index is 0.0144. The first-order valence-corrected chi connectivity index (χ1v) is 9.49. The van der Waals surface area contributed by atoms with E-state index in [1.54, 1.807) is 18.3 Å². The van der Waals surface area contributed by atoms with Gasteiger partial charge in [0.2, 0.25) is 10.0 Å². The second-order valence-electron chi connectivity index (χ2n) is 5.79. The SMILES string of the molecule is O=[N+]([O-])c1ccc(S(=O)(=O)NCc2cc(OC3CCNC3)ccn2)cc1. The van der Waals surface area contributed by atoms with Crippen LogP contribution in [0.4, 0.5) is 5.69 Å². The molecule has 0 radical (unpaired) electrons. The van der Waals surface area contributed by atoms with Gasteiger partial charge in [-0.15, -0.1) is 0 Å². The molecule has 1 aromatic heterocycles. The van der Waals surface area contributed by atoms with Gasteiger partial charge in [-0.05, 0) is 31.2 Å². The zero-order valence-corrected chi connectivity index (χ0v) is 14.6. The molecule has 3 rings (SSSR count). The van der Waals surface area contributed by atoms with Crippen molar-refractivity contribution < 1.29 is 18.1 Å². The lowest BCUT2D eigenvalue weighted by Gasteiger charge is -2.13. The molecule has 26 heavy (non-hydrogen) atoms. The molecular formula is C16H18N4O5S. The molecule has 138 valence electrons. The van der Waals surface area contributed by atoms with E-state index in [0.717, 1.165) is 31.6 Å². The molecule has 1 aliphatic rings. The summed E-state index contributed by atoms with van der Waals surface area (Å²) in [5.41, 5.74) is 0.343. The van der Waals surface area contributed by atoms with Crippen LogP contribution in [0.15, 0.2) is 47.5 Å². The monoisotopic (exact) mass is 378 g/mol. The van der Waals surface area contributed by atoms with Crippen LogP contribution >= 0.6 is 0 Å². The summed E-state index contributed by atoms with van der Waals surface area (Å²) in [5, 5.41) is 13.9. The molecule has 0 saturated carbocycles. The molecule has 10 heteroatoms. The lowest BCUT2D eigenvalue weighted by atomic mass is 10.3. The van der Waals surface area contributed by atoms with Crippen LogP contribution in [0.5, 0.6) is 5.75 Å². The lowest BCUT2D eigenvalue weighted by molar-refractivity contribution is -0.384. The van der Waals surface area contributed by atoms with Gasteiger partial charge in [-0.3, -0.25) is 15.1 Å². The Balaban J connectivity index is 1.64. The average molecular weight is 378 g/mol. The second-order valence-corrected chi connectivity index (χ2v) is 7.56. The molecule has 1 aromatic carbocycles. The third kappa shape index (κ3) is 4.54. The maximum Gasteiger partial charge on any atom is 0.269 e. The van der Waals surface area contributed by atoms with Gasteiger partial charge in [-0.2, -0.15) is 0 Å². The van der Waals surface area contributed by atoms with Crippen molar-refractivity contribution in [3.05, 3.63) is 58.4 Å². The molecule has 0 spiro atoms. The van der Waals surface area contributed by atoms with Crippen molar-refractivity contribution in [2.75, 3.05) is 13.1 Å². The van der Waals surface area contributed by atoms with E-state index in [4.69, 9.17) is 4.74 Å². The van der Waals surface area contributed by atoms with Gasteiger partial charge in [0.15, 0.2) is 0 Å². The van der Waals surface area contributed by atoms with Gasteiger partial charge in [-0.1, -0.05) is 0 Å². The van der Waals surface area contributed by atoms with Crippen LogP contribution in [0, 0.1) is 10.1 Å². The summed E-state index contributed by atoms with van der Waals surface area (Å²) in [6.07, 6.45) is 2.58. The molecule has 2 N–H and O–H groups in total. The van der Waals surface area contributed by atoms with Crippen molar-refractivity contribution >= 4 is 15.7 Å². The first-order chi connectivity index (χ1) is 12.4. The van der Waals surface area contributed by atoms with Crippen molar-refractivity contribution in [1.82, 2.24) is 15.0 Å². The number of ether oxygens (including phenoxy) is 1. The fourth-order valence-corrected chi connectivity index (χ4v) is 3.55. The Kier molecular flexibility index (Phi) is 5.45. The van der Waals surface area contributed by atoms with Crippen LogP contribution in [0.1, 0.15) is 12.1 Å². The topological polar surface area (TPSA) is 123 Å². The minimum Gasteiger partial charge on any atom is -0.489 e. The van der Waals surface area contributed by atoms with E-state index < -0.39 is 14.9 Å². The maximum absolute atomic E-state index is 12.3. The Morgan fingerprint density at radius 2 is 2.08 bits per heavy atom. The standard InChI is InChI=1S/C16H18N4O5S/c21-20(22)13-1-3-16(4-2-13)26(23,24)19-10-12-9-14(6-8-18-12)25-15-5-7-17-11-15/h1-4,6,8-9,15,17,19H,5,7,10-11H2. The number of nitro benzene ring substituents is 1. The number of sulfonamides is 1. The molecule has 2 heterocycles. The number of hydrogen-bond donors (Lipinski definition) is 2. The van der Waals surface area contributed by atoms with E-state index in [2.05, 4.69) is 15.0 Å². The Bertz CT molecular complexity index is 880. The second kappa shape index (κ2) is 7.77. The number of aromatic nitrogens is 1. The highest BCUT2D eigenvalue weighted by atomic mass is 32.2. The zero-order valence-electron chi connectivity index (χ0n) is 13.8. The molecule has 2 aromatic rings. The largest absolute Gasteiger partial charge is 0.489 e. The van der Waals surface area contributed by atoms with E-state index >= 15 is 0 Å². The molecule has 0 aliphatic carbocycles. The molecule has 9 nitrogen and oxygen atoms in total. The normalized spacial score (nSPS) is 17.2. The van der Waals surface area contributed by atoms with Gasteiger partial charge in [0, 0.05) is 30.9 Å². The molecule has 1 fully saturated rings. The van der Waals surface area contributed by atoms with Gasteiger partial charge in [0.25, 0.3) is 5.69 Å². The van der Waals surface area contributed by atoms with Gasteiger partial charge in [-0.25, -0.2) is 13.1 Å². The van der Waals surface area contributed by atoms with E-state index in [-0.39, 0.29) is 23.2 Å². The number of nitrogens with zero attached hydrogens (tertiary/aromatic N) is 2. The molecule has 0 amide bonds. The smallest absolute Gasteiger partial charge is 0.269 e. The molecule has 1 saturated heterocycles. The number of pyridine rings is 1. The van der Waals surface area contributed by atoms with E-state index in [1.165, 1.54) is 12.1 Å². The highest BCUT2D eigenvalue weighted by Gasteiger charge is 2.18. The fraction of sp³-hybridized carbons (Fsp3) is 0.312. The third-order valence-electron chi connectivity index (χ3n) is 3.91. The lowest BCUT2D eigenvalue weighted by Crippen LogP contribution is -2.24. The summed E-state index contributed by atoms with van der Waals surface area (Å²) in [5.74, 6) is 0.637. The average Bonchev–Trinajstić information content (AvgIpc) is 3.13. The number of hydrogen-bond acceptors (Lipinski definition) is 7. The van der Waals surface area contributed by atoms with Gasteiger partial charge in [0.1, 0.15) is 11.9 Å². The predicted molar refractivity (Wildman–Crippen MR) is 93.3 cm³/mol. The Hall–Kier alpha value is -2.56. The summed E-state index contributed by atoms with van der Waals surface area (Å²) in [4.78, 5) is 14.1. The van der Waals surface area contributed by atoms with Gasteiger partial charge >= 0.3 is 0 Å². The summed E-state index contributed by atoms with van der Waals surface area (Å²) in [7, 11) is -3.80. The van der Waals surface area contributed by atoms with Gasteiger partial charge < -0.3 is 10.1 Å². The van der Waals surface area contributed by atoms with Crippen molar-refractivity contribution in [3.8, 4) is 5.75 Å². The third-order valence-corrected chi connectivity index (χ3v) is 5.32. The first-order valence-electron chi connectivity index (χ1n) is 8.00. The van der Waals surface area contributed by atoms with E-state index in [1.807, 2.05) is 0 Å². The summed E-state index contributed by atoms with van der Waals surface area (Å²) in [6.45, 7) is 1.68. The van der Waals surface area contributed by atoms with Crippen LogP contribution in [-0.4, -0.2) is 37.5 Å². The van der Waals surface area contributed by atoms with Crippen LogP contribution < -0.4 is 14.8 Å². The van der Waals surface area contributed by atoms with Crippen LogP contribution in [0.2, 0.25) is 0 Å². The highest BCUT2D eigenvalue weighted by Crippen LogP contribution is 2.18. The van der Waals surface area contributed by atoms with E-state index in [9.17, 15) is 18.5 Å². The first kappa shape index (κ1) is 18.2. The van der Waals surface area contributed by atoms with Crippen LogP contribution in [0.3, 0.4) is 0 Å². The fourth-order valence-electron chi connectivity index (χ4n) is 2.55. The minimum atomic E-state index is -3.80. The Labute approximate surface area is 150 Å². The molecule has 1 aliphatic heterocycles. The Morgan fingerprint density at radius 1 is 1.31 bits per heavy atom. The number of non-ortho nitro benzene ring substituents is 1. The highest BCUT2D eigenvalue weighted by molar-refractivity contribution is 7.89. The molecule has 0 bridgehead atoms. The predicted octanol–water partition coefficient (Wildman–Crippen LogP) is 1.21. The van der Waals surface area contributed by atoms with Crippen LogP contribution in [-0.2, 0) is 16.6 Å². The Morgan fingerprint density at radius 3 is 2.73 bits per heavy atom. The number of rotatable bonds is 7. The maximum atomic E-state index is 12.3. The summed E-state index contributed by atoms with van der Waals surface area (Å²) in [6, 6.07) is 8.11. The molecule has 1 atom stereocenters. The number of nitrogens with one attached hydrogen (secondary N) is 2. The summed E-state index contributed by atoms with van der Waals surface area (Å²) >= 11 is 0.